The van der Waals surface area contributed by atoms with E-state index in [0.29, 0.717) is 6.54 Å². The van der Waals surface area contributed by atoms with Crippen LogP contribution in [0.4, 0.5) is 0 Å². The molecule has 0 saturated heterocycles. The number of hydroxylamine groups is 2. The maximum atomic E-state index is 8.76. The Balaban J connectivity index is 2.48. The van der Waals surface area contributed by atoms with Crippen LogP contribution in [0.15, 0.2) is 17.5 Å². The lowest BCUT2D eigenvalue weighted by atomic mass is 10.5. The largest absolute Gasteiger partial charge is 0.314 e. The van der Waals surface area contributed by atoms with Crippen LogP contribution in [0.1, 0.15) is 4.88 Å². The molecule has 1 rings (SSSR count). The minimum absolute atomic E-state index is 0.623. The first-order chi connectivity index (χ1) is 4.29. The molecule has 0 unspecified atom stereocenters. The second-order valence-electron chi connectivity index (χ2n) is 1.90. The Morgan fingerprint density at radius 3 is 3.00 bits per heavy atom. The van der Waals surface area contributed by atoms with E-state index in [0.717, 1.165) is 0 Å². The van der Waals surface area contributed by atoms with E-state index < -0.39 is 0 Å². The first kappa shape index (κ1) is 6.74. The molecule has 0 bridgehead atoms. The molecule has 0 aliphatic rings. The zero-order chi connectivity index (χ0) is 6.69. The Hall–Kier alpha value is -0.380. The predicted octanol–water partition coefficient (Wildman–Crippen LogP) is 1.57. The van der Waals surface area contributed by atoms with Crippen molar-refractivity contribution in [1.82, 2.24) is 5.06 Å². The van der Waals surface area contributed by atoms with Gasteiger partial charge in [-0.2, -0.15) is 5.06 Å². The third-order valence-corrected chi connectivity index (χ3v) is 1.83. The van der Waals surface area contributed by atoms with Gasteiger partial charge in [-0.05, 0) is 11.4 Å². The molecule has 3 heteroatoms. The number of hydrogen-bond acceptors (Lipinski definition) is 3. The third-order valence-electron chi connectivity index (χ3n) is 0.965. The van der Waals surface area contributed by atoms with E-state index in [9.17, 15) is 0 Å². The topological polar surface area (TPSA) is 23.5 Å². The van der Waals surface area contributed by atoms with Crippen LogP contribution in [0.3, 0.4) is 0 Å². The smallest absolute Gasteiger partial charge is 0.0579 e. The molecule has 0 atom stereocenters. The van der Waals surface area contributed by atoms with Crippen LogP contribution in [-0.4, -0.2) is 17.3 Å². The molecule has 1 aromatic rings. The van der Waals surface area contributed by atoms with Gasteiger partial charge in [0.2, 0.25) is 0 Å². The molecule has 0 saturated carbocycles. The van der Waals surface area contributed by atoms with Crippen molar-refractivity contribution in [2.24, 2.45) is 0 Å². The molecule has 0 aromatic carbocycles. The Morgan fingerprint density at radius 2 is 2.56 bits per heavy atom. The highest BCUT2D eigenvalue weighted by atomic mass is 32.1. The van der Waals surface area contributed by atoms with Crippen LogP contribution in [0.5, 0.6) is 0 Å². The van der Waals surface area contributed by atoms with Gasteiger partial charge in [-0.1, -0.05) is 6.07 Å². The van der Waals surface area contributed by atoms with Gasteiger partial charge in [-0.3, -0.25) is 0 Å². The molecular formula is C6H9NOS. The van der Waals surface area contributed by atoms with E-state index in [2.05, 4.69) is 0 Å². The van der Waals surface area contributed by atoms with Crippen LogP contribution in [-0.2, 0) is 6.54 Å². The Labute approximate surface area is 58.3 Å². The molecular weight excluding hydrogens is 134 g/mol. The fourth-order valence-corrected chi connectivity index (χ4v) is 1.38. The third kappa shape index (κ3) is 2.13. The second kappa shape index (κ2) is 2.96. The minimum Gasteiger partial charge on any atom is -0.314 e. The first-order valence-corrected chi connectivity index (χ1v) is 3.59. The summed E-state index contributed by atoms with van der Waals surface area (Å²) in [5.74, 6) is 0. The molecule has 1 aromatic heterocycles. The average molecular weight is 143 g/mol. The lowest BCUT2D eigenvalue weighted by molar-refractivity contribution is -0.0723. The van der Waals surface area contributed by atoms with Gasteiger partial charge in [0.1, 0.15) is 0 Å². The molecule has 0 fully saturated rings. The summed E-state index contributed by atoms with van der Waals surface area (Å²) in [5, 5.41) is 11.9. The zero-order valence-corrected chi connectivity index (χ0v) is 6.06. The number of hydrogen-bond donors (Lipinski definition) is 1. The summed E-state index contributed by atoms with van der Waals surface area (Å²) in [6.45, 7) is 0.623. The minimum atomic E-state index is 0.623. The summed E-state index contributed by atoms with van der Waals surface area (Å²) in [4.78, 5) is 1.18. The van der Waals surface area contributed by atoms with E-state index in [4.69, 9.17) is 5.21 Å². The molecule has 50 valence electrons. The van der Waals surface area contributed by atoms with Gasteiger partial charge in [0, 0.05) is 11.9 Å². The van der Waals surface area contributed by atoms with Gasteiger partial charge >= 0.3 is 0 Å². The molecule has 2 nitrogen and oxygen atoms in total. The van der Waals surface area contributed by atoms with Gasteiger partial charge in [0.25, 0.3) is 0 Å². The normalized spacial score (nSPS) is 10.6. The Bertz CT molecular complexity index is 160. The molecule has 0 spiro atoms. The Kier molecular flexibility index (Phi) is 2.22. The summed E-state index contributed by atoms with van der Waals surface area (Å²) >= 11 is 1.65. The molecule has 1 heterocycles. The average Bonchev–Trinajstić information content (AvgIpc) is 2.15. The van der Waals surface area contributed by atoms with E-state index in [1.54, 1.807) is 18.4 Å². The highest BCUT2D eigenvalue weighted by Crippen LogP contribution is 2.08. The molecule has 0 aliphatic heterocycles. The van der Waals surface area contributed by atoms with Gasteiger partial charge in [0.05, 0.1) is 6.54 Å². The van der Waals surface area contributed by atoms with Crippen LogP contribution >= 0.6 is 11.3 Å². The lowest BCUT2D eigenvalue weighted by Crippen LogP contribution is -2.10. The summed E-state index contributed by atoms with van der Waals surface area (Å²) < 4.78 is 0. The first-order valence-electron chi connectivity index (χ1n) is 2.71. The van der Waals surface area contributed by atoms with Crippen molar-refractivity contribution in [3.8, 4) is 0 Å². The zero-order valence-electron chi connectivity index (χ0n) is 5.24. The van der Waals surface area contributed by atoms with E-state index >= 15 is 0 Å². The monoisotopic (exact) mass is 143 g/mol. The SMILES string of the molecule is CN(O)Cc1cccs1. The van der Waals surface area contributed by atoms with Crippen molar-refractivity contribution in [3.63, 3.8) is 0 Å². The maximum Gasteiger partial charge on any atom is 0.0579 e. The lowest BCUT2D eigenvalue weighted by Gasteiger charge is -2.03. The Morgan fingerprint density at radius 1 is 1.78 bits per heavy atom. The summed E-state index contributed by atoms with van der Waals surface area (Å²) in [7, 11) is 1.64. The number of thiophene rings is 1. The van der Waals surface area contributed by atoms with Crippen molar-refractivity contribution in [1.29, 1.82) is 0 Å². The van der Waals surface area contributed by atoms with Crippen LogP contribution < -0.4 is 0 Å². The van der Waals surface area contributed by atoms with Gasteiger partial charge in [-0.25, -0.2) is 0 Å². The highest BCUT2D eigenvalue weighted by Gasteiger charge is 1.94. The van der Waals surface area contributed by atoms with Crippen molar-refractivity contribution in [3.05, 3.63) is 22.4 Å². The summed E-state index contributed by atoms with van der Waals surface area (Å²) in [5.41, 5.74) is 0. The molecule has 9 heavy (non-hydrogen) atoms. The molecule has 0 aliphatic carbocycles. The van der Waals surface area contributed by atoms with Crippen molar-refractivity contribution < 1.29 is 5.21 Å². The summed E-state index contributed by atoms with van der Waals surface area (Å²) in [6, 6.07) is 3.97. The highest BCUT2D eigenvalue weighted by molar-refractivity contribution is 7.09. The fraction of sp³-hybridized carbons (Fsp3) is 0.333. The van der Waals surface area contributed by atoms with Gasteiger partial charge in [-0.15, -0.1) is 11.3 Å². The van der Waals surface area contributed by atoms with E-state index in [-0.39, 0.29) is 0 Å². The molecule has 1 N–H and O–H groups in total. The fourth-order valence-electron chi connectivity index (χ4n) is 0.628. The second-order valence-corrected chi connectivity index (χ2v) is 2.93. The van der Waals surface area contributed by atoms with Crippen molar-refractivity contribution >= 4 is 11.3 Å². The maximum absolute atomic E-state index is 8.76. The van der Waals surface area contributed by atoms with Crippen LogP contribution in [0.25, 0.3) is 0 Å². The predicted molar refractivity (Wildman–Crippen MR) is 37.6 cm³/mol. The molecule has 0 radical (unpaired) electrons. The number of rotatable bonds is 2. The van der Waals surface area contributed by atoms with Crippen molar-refractivity contribution in [2.45, 2.75) is 6.54 Å². The van der Waals surface area contributed by atoms with Crippen LogP contribution in [0, 0.1) is 0 Å². The quantitative estimate of drug-likeness (QED) is 0.635. The van der Waals surface area contributed by atoms with E-state index in [1.807, 2.05) is 17.5 Å². The summed E-state index contributed by atoms with van der Waals surface area (Å²) in [6.07, 6.45) is 0. The number of nitrogens with zero attached hydrogens (tertiary/aromatic N) is 1. The molecule has 0 amide bonds. The van der Waals surface area contributed by atoms with Gasteiger partial charge < -0.3 is 5.21 Å². The van der Waals surface area contributed by atoms with Gasteiger partial charge in [0.15, 0.2) is 0 Å². The van der Waals surface area contributed by atoms with Crippen LogP contribution in [0.2, 0.25) is 0 Å². The van der Waals surface area contributed by atoms with E-state index in [1.165, 1.54) is 9.94 Å². The van der Waals surface area contributed by atoms with Crippen molar-refractivity contribution in [2.75, 3.05) is 7.05 Å². The standard InChI is InChI=1S/C6H9NOS/c1-7(8)5-6-3-2-4-9-6/h2-4,8H,5H2,1H3.